The van der Waals surface area contributed by atoms with Crippen LogP contribution >= 0.6 is 0 Å². The molecule has 1 aliphatic heterocycles. The first-order valence-electron chi connectivity index (χ1n) is 8.64. The molecule has 1 amide bonds. The Morgan fingerprint density at radius 1 is 1.07 bits per heavy atom. The zero-order valence-electron chi connectivity index (χ0n) is 14.6. The molecule has 8 heteroatoms. The zero-order valence-corrected chi connectivity index (χ0v) is 14.6. The van der Waals surface area contributed by atoms with Crippen LogP contribution in [0.25, 0.3) is 0 Å². The van der Waals surface area contributed by atoms with E-state index in [0.29, 0.717) is 17.1 Å². The van der Waals surface area contributed by atoms with Crippen molar-refractivity contribution in [2.24, 2.45) is 0 Å². The monoisotopic (exact) mass is 365 g/mol. The molecule has 0 aliphatic carbocycles. The number of amides is 1. The number of furan rings is 1. The standard InChI is InChI=1S/C19H19N5O3/c25-19(14-5-8-27-13-14)22-16-3-1-15(2-4-16)21-18-11-17(12-20-23-18)24-6-9-26-10-7-24/h1-5,8,11-13H,6-7,9-10H2,(H,21,23)(H,22,25). The highest BCUT2D eigenvalue weighted by Gasteiger charge is 2.12. The van der Waals surface area contributed by atoms with Crippen molar-refractivity contribution < 1.29 is 13.9 Å². The number of rotatable bonds is 5. The fraction of sp³-hybridized carbons (Fsp3) is 0.211. The maximum atomic E-state index is 12.0. The van der Waals surface area contributed by atoms with Crippen molar-refractivity contribution in [2.45, 2.75) is 0 Å². The van der Waals surface area contributed by atoms with Gasteiger partial charge in [-0.15, -0.1) is 5.10 Å². The Kier molecular flexibility index (Phi) is 4.97. The van der Waals surface area contributed by atoms with Gasteiger partial charge >= 0.3 is 0 Å². The molecule has 138 valence electrons. The second-order valence-corrected chi connectivity index (χ2v) is 6.07. The Bertz CT molecular complexity index is 890. The summed E-state index contributed by atoms with van der Waals surface area (Å²) in [5, 5.41) is 14.3. The van der Waals surface area contributed by atoms with E-state index in [0.717, 1.165) is 37.7 Å². The van der Waals surface area contributed by atoms with Crippen LogP contribution in [0, 0.1) is 0 Å². The average molecular weight is 365 g/mol. The van der Waals surface area contributed by atoms with Crippen LogP contribution in [0.5, 0.6) is 0 Å². The highest BCUT2D eigenvalue weighted by molar-refractivity contribution is 6.04. The van der Waals surface area contributed by atoms with E-state index in [1.807, 2.05) is 30.3 Å². The van der Waals surface area contributed by atoms with Gasteiger partial charge in [0.25, 0.3) is 5.91 Å². The molecule has 1 fully saturated rings. The lowest BCUT2D eigenvalue weighted by Crippen LogP contribution is -2.36. The maximum Gasteiger partial charge on any atom is 0.258 e. The van der Waals surface area contributed by atoms with Crippen molar-refractivity contribution in [3.8, 4) is 0 Å². The molecular formula is C19H19N5O3. The summed E-state index contributed by atoms with van der Waals surface area (Å²) in [5.41, 5.74) is 3.04. The summed E-state index contributed by atoms with van der Waals surface area (Å²) >= 11 is 0. The predicted molar refractivity (Wildman–Crippen MR) is 101 cm³/mol. The number of carbonyl (C=O) groups is 1. The van der Waals surface area contributed by atoms with E-state index in [-0.39, 0.29) is 5.91 Å². The number of morpholine rings is 1. The largest absolute Gasteiger partial charge is 0.472 e. The number of nitrogens with one attached hydrogen (secondary N) is 2. The second-order valence-electron chi connectivity index (χ2n) is 6.07. The Balaban J connectivity index is 1.40. The van der Waals surface area contributed by atoms with Gasteiger partial charge in [-0.3, -0.25) is 4.79 Å². The van der Waals surface area contributed by atoms with E-state index in [9.17, 15) is 4.79 Å². The van der Waals surface area contributed by atoms with Crippen molar-refractivity contribution in [3.05, 3.63) is 60.7 Å². The molecule has 0 atom stereocenters. The van der Waals surface area contributed by atoms with E-state index in [1.54, 1.807) is 12.3 Å². The van der Waals surface area contributed by atoms with Crippen molar-refractivity contribution >= 4 is 28.8 Å². The van der Waals surface area contributed by atoms with Crippen molar-refractivity contribution in [1.82, 2.24) is 10.2 Å². The maximum absolute atomic E-state index is 12.0. The van der Waals surface area contributed by atoms with E-state index in [1.165, 1.54) is 12.5 Å². The van der Waals surface area contributed by atoms with Gasteiger partial charge in [0.15, 0.2) is 5.82 Å². The second kappa shape index (κ2) is 7.88. The van der Waals surface area contributed by atoms with Crippen LogP contribution in [-0.4, -0.2) is 42.4 Å². The number of anilines is 4. The quantitative estimate of drug-likeness (QED) is 0.718. The smallest absolute Gasteiger partial charge is 0.258 e. The van der Waals surface area contributed by atoms with E-state index in [4.69, 9.17) is 9.15 Å². The minimum absolute atomic E-state index is 0.214. The number of hydrogen-bond acceptors (Lipinski definition) is 7. The first-order chi connectivity index (χ1) is 13.3. The topological polar surface area (TPSA) is 92.5 Å². The molecule has 1 saturated heterocycles. The van der Waals surface area contributed by atoms with Gasteiger partial charge in [-0.25, -0.2) is 0 Å². The molecule has 0 saturated carbocycles. The van der Waals surface area contributed by atoms with Crippen LogP contribution < -0.4 is 15.5 Å². The van der Waals surface area contributed by atoms with E-state index >= 15 is 0 Å². The molecule has 8 nitrogen and oxygen atoms in total. The third kappa shape index (κ3) is 4.24. The SMILES string of the molecule is O=C(Nc1ccc(Nc2cc(N3CCOCC3)cnn2)cc1)c1ccoc1. The molecule has 27 heavy (non-hydrogen) atoms. The summed E-state index contributed by atoms with van der Waals surface area (Å²) in [6.07, 6.45) is 4.63. The summed E-state index contributed by atoms with van der Waals surface area (Å²) in [7, 11) is 0. The molecule has 1 aromatic carbocycles. The van der Waals surface area contributed by atoms with Crippen LogP contribution in [0.2, 0.25) is 0 Å². The van der Waals surface area contributed by atoms with Gasteiger partial charge in [0.05, 0.1) is 36.9 Å². The molecule has 2 N–H and O–H groups in total. The predicted octanol–water partition coefficient (Wildman–Crippen LogP) is 2.90. The normalized spacial score (nSPS) is 14.0. The molecule has 0 spiro atoms. The number of ether oxygens (including phenoxy) is 1. The van der Waals surface area contributed by atoms with Crippen LogP contribution in [0.4, 0.5) is 22.9 Å². The molecule has 0 bridgehead atoms. The summed E-state index contributed by atoms with van der Waals surface area (Å²) in [6.45, 7) is 3.13. The Morgan fingerprint density at radius 2 is 1.85 bits per heavy atom. The lowest BCUT2D eigenvalue weighted by Gasteiger charge is -2.28. The van der Waals surface area contributed by atoms with Crippen molar-refractivity contribution in [2.75, 3.05) is 41.8 Å². The molecule has 1 aliphatic rings. The number of nitrogens with zero attached hydrogens (tertiary/aromatic N) is 3. The minimum atomic E-state index is -0.214. The van der Waals surface area contributed by atoms with E-state index < -0.39 is 0 Å². The molecule has 0 unspecified atom stereocenters. The summed E-state index contributed by atoms with van der Waals surface area (Å²) in [4.78, 5) is 14.2. The third-order valence-corrected chi connectivity index (χ3v) is 4.21. The lowest BCUT2D eigenvalue weighted by atomic mass is 10.2. The summed E-state index contributed by atoms with van der Waals surface area (Å²) in [5.74, 6) is 0.447. The highest BCUT2D eigenvalue weighted by Crippen LogP contribution is 2.21. The van der Waals surface area contributed by atoms with Gasteiger partial charge < -0.3 is 24.7 Å². The van der Waals surface area contributed by atoms with Crippen LogP contribution in [0.3, 0.4) is 0 Å². The van der Waals surface area contributed by atoms with Crippen LogP contribution in [0.1, 0.15) is 10.4 Å². The fourth-order valence-electron chi connectivity index (χ4n) is 2.79. The van der Waals surface area contributed by atoms with Gasteiger partial charge in [0.2, 0.25) is 0 Å². The van der Waals surface area contributed by atoms with Gasteiger partial charge in [0.1, 0.15) is 6.26 Å². The first-order valence-corrected chi connectivity index (χ1v) is 8.64. The number of aromatic nitrogens is 2. The minimum Gasteiger partial charge on any atom is -0.472 e. The molecule has 4 rings (SSSR count). The Morgan fingerprint density at radius 3 is 2.59 bits per heavy atom. The number of benzene rings is 1. The average Bonchev–Trinajstić information content (AvgIpc) is 3.25. The highest BCUT2D eigenvalue weighted by atomic mass is 16.5. The molecular weight excluding hydrogens is 346 g/mol. The van der Waals surface area contributed by atoms with Crippen LogP contribution in [0.15, 0.2) is 59.5 Å². The number of hydrogen-bond donors (Lipinski definition) is 2. The molecule has 3 aromatic rings. The van der Waals surface area contributed by atoms with Crippen LogP contribution in [-0.2, 0) is 4.74 Å². The molecule has 3 heterocycles. The summed E-state index contributed by atoms with van der Waals surface area (Å²) < 4.78 is 10.3. The first kappa shape index (κ1) is 17.0. The number of carbonyl (C=O) groups excluding carboxylic acids is 1. The van der Waals surface area contributed by atoms with Gasteiger partial charge in [-0.2, -0.15) is 5.10 Å². The third-order valence-electron chi connectivity index (χ3n) is 4.21. The molecule has 2 aromatic heterocycles. The summed E-state index contributed by atoms with van der Waals surface area (Å²) in [6, 6.07) is 11.0. The van der Waals surface area contributed by atoms with E-state index in [2.05, 4.69) is 25.7 Å². The van der Waals surface area contributed by atoms with Crippen molar-refractivity contribution in [3.63, 3.8) is 0 Å². The zero-order chi connectivity index (χ0) is 18.5. The lowest BCUT2D eigenvalue weighted by molar-refractivity contribution is 0.102. The van der Waals surface area contributed by atoms with Gasteiger partial charge in [-0.05, 0) is 30.3 Å². The Hall–Kier alpha value is -3.39. The van der Waals surface area contributed by atoms with Gasteiger partial charge in [0, 0.05) is 30.5 Å². The van der Waals surface area contributed by atoms with Gasteiger partial charge in [-0.1, -0.05) is 0 Å². The molecule has 0 radical (unpaired) electrons. The fourth-order valence-corrected chi connectivity index (χ4v) is 2.79. The van der Waals surface area contributed by atoms with Crippen molar-refractivity contribution in [1.29, 1.82) is 0 Å². The Labute approximate surface area is 156 Å².